The second kappa shape index (κ2) is 5.19. The highest BCUT2D eigenvalue weighted by Gasteiger charge is 2.10. The van der Waals surface area contributed by atoms with Gasteiger partial charge in [0, 0.05) is 11.6 Å². The lowest BCUT2D eigenvalue weighted by Gasteiger charge is -2.11. The van der Waals surface area contributed by atoms with Crippen molar-refractivity contribution in [3.8, 4) is 11.5 Å². The van der Waals surface area contributed by atoms with Gasteiger partial charge in [0.2, 0.25) is 0 Å². The highest BCUT2D eigenvalue weighted by molar-refractivity contribution is 6.42. The fourth-order valence-corrected chi connectivity index (χ4v) is 2.27. The van der Waals surface area contributed by atoms with Crippen LogP contribution in [-0.4, -0.2) is 4.98 Å². The topological polar surface area (TPSA) is 48.1 Å². The number of hydrogen-bond donors (Lipinski definition) is 1. The maximum Gasteiger partial charge on any atom is 0.147 e. The average Bonchev–Trinajstić information content (AvgIpc) is 2.47. The Bertz CT molecular complexity index is 790. The molecule has 0 amide bonds. The third-order valence-corrected chi connectivity index (χ3v) is 3.70. The van der Waals surface area contributed by atoms with Crippen molar-refractivity contribution < 1.29 is 4.74 Å². The molecule has 1 heterocycles. The van der Waals surface area contributed by atoms with Gasteiger partial charge in [0.05, 0.1) is 16.2 Å². The molecule has 1 aromatic heterocycles. The minimum atomic E-state index is 0.378. The summed E-state index contributed by atoms with van der Waals surface area (Å²) in [5.41, 5.74) is 7.21. The minimum Gasteiger partial charge on any atom is -0.455 e. The zero-order valence-electron chi connectivity index (χ0n) is 10.3. The highest BCUT2D eigenvalue weighted by atomic mass is 35.5. The van der Waals surface area contributed by atoms with Gasteiger partial charge in [-0.3, -0.25) is 4.98 Å². The number of aromatic nitrogens is 1. The van der Waals surface area contributed by atoms with E-state index in [4.69, 9.17) is 33.7 Å². The third kappa shape index (κ3) is 2.26. The Morgan fingerprint density at radius 2 is 1.80 bits per heavy atom. The molecule has 0 saturated heterocycles. The van der Waals surface area contributed by atoms with Gasteiger partial charge in [0.1, 0.15) is 16.5 Å². The Hall–Kier alpha value is -1.97. The van der Waals surface area contributed by atoms with E-state index in [2.05, 4.69) is 4.98 Å². The summed E-state index contributed by atoms with van der Waals surface area (Å²) in [4.78, 5) is 4.26. The van der Waals surface area contributed by atoms with Crippen LogP contribution in [0.1, 0.15) is 0 Å². The van der Waals surface area contributed by atoms with Crippen molar-refractivity contribution in [3.05, 3.63) is 58.7 Å². The highest BCUT2D eigenvalue weighted by Crippen LogP contribution is 2.37. The van der Waals surface area contributed by atoms with E-state index in [1.807, 2.05) is 12.1 Å². The van der Waals surface area contributed by atoms with Crippen LogP contribution in [0.5, 0.6) is 11.5 Å². The van der Waals surface area contributed by atoms with E-state index in [0.29, 0.717) is 32.7 Å². The molecule has 2 aromatic carbocycles. The fourth-order valence-electron chi connectivity index (χ4n) is 1.94. The van der Waals surface area contributed by atoms with Crippen molar-refractivity contribution in [2.24, 2.45) is 0 Å². The van der Waals surface area contributed by atoms with Gasteiger partial charge in [-0.05, 0) is 36.4 Å². The zero-order chi connectivity index (χ0) is 14.1. The summed E-state index contributed by atoms with van der Waals surface area (Å²) in [5.74, 6) is 1.13. The van der Waals surface area contributed by atoms with Gasteiger partial charge in [-0.25, -0.2) is 0 Å². The fraction of sp³-hybridized carbons (Fsp3) is 0. The largest absolute Gasteiger partial charge is 0.455 e. The van der Waals surface area contributed by atoms with Crippen LogP contribution in [0.3, 0.4) is 0 Å². The number of ether oxygens (including phenoxy) is 1. The van der Waals surface area contributed by atoms with Crippen molar-refractivity contribution in [3.63, 3.8) is 0 Å². The first-order chi connectivity index (χ1) is 9.66. The van der Waals surface area contributed by atoms with Crippen LogP contribution in [0, 0.1) is 0 Å². The van der Waals surface area contributed by atoms with Gasteiger partial charge in [-0.1, -0.05) is 29.3 Å². The standard InChI is InChI=1S/C15H10Cl2N2O/c16-10-4-1-5-13(14(10)17)20-12-7-6-11(18)15-9(12)3-2-8-19-15/h1-8H,18H2. The van der Waals surface area contributed by atoms with Crippen LogP contribution in [-0.2, 0) is 0 Å². The molecular weight excluding hydrogens is 295 g/mol. The van der Waals surface area contributed by atoms with Crippen LogP contribution in [0.2, 0.25) is 10.0 Å². The Balaban J connectivity index is 2.12. The molecule has 0 radical (unpaired) electrons. The van der Waals surface area contributed by atoms with Crippen LogP contribution in [0.15, 0.2) is 48.7 Å². The lowest BCUT2D eigenvalue weighted by atomic mass is 10.1. The first kappa shape index (κ1) is 13.0. The van der Waals surface area contributed by atoms with Crippen molar-refractivity contribution in [1.82, 2.24) is 4.98 Å². The molecule has 0 bridgehead atoms. The summed E-state index contributed by atoms with van der Waals surface area (Å²) >= 11 is 12.1. The lowest BCUT2D eigenvalue weighted by Crippen LogP contribution is -1.92. The molecule has 0 fully saturated rings. The number of rotatable bonds is 2. The summed E-state index contributed by atoms with van der Waals surface area (Å²) in [6, 6.07) is 12.5. The normalized spacial score (nSPS) is 10.7. The number of nitrogen functional groups attached to an aromatic ring is 1. The van der Waals surface area contributed by atoms with E-state index in [9.17, 15) is 0 Å². The minimum absolute atomic E-state index is 0.378. The molecule has 2 N–H and O–H groups in total. The molecule has 3 aromatic rings. The quantitative estimate of drug-likeness (QED) is 0.684. The first-order valence-electron chi connectivity index (χ1n) is 5.92. The zero-order valence-corrected chi connectivity index (χ0v) is 11.8. The van der Waals surface area contributed by atoms with Gasteiger partial charge in [0.25, 0.3) is 0 Å². The SMILES string of the molecule is Nc1ccc(Oc2cccc(Cl)c2Cl)c2cccnc12. The smallest absolute Gasteiger partial charge is 0.147 e. The molecule has 3 rings (SSSR count). The number of fused-ring (bicyclic) bond motifs is 1. The number of nitrogens with two attached hydrogens (primary N) is 1. The molecule has 0 aliphatic carbocycles. The number of anilines is 1. The summed E-state index contributed by atoms with van der Waals surface area (Å²) in [6.45, 7) is 0. The molecule has 100 valence electrons. The van der Waals surface area contributed by atoms with E-state index in [-0.39, 0.29) is 0 Å². The molecular formula is C15H10Cl2N2O. The number of hydrogen-bond acceptors (Lipinski definition) is 3. The molecule has 0 aliphatic heterocycles. The first-order valence-corrected chi connectivity index (χ1v) is 6.67. The number of benzene rings is 2. The summed E-state index contributed by atoms with van der Waals surface area (Å²) in [7, 11) is 0. The van der Waals surface area contributed by atoms with E-state index >= 15 is 0 Å². The second-order valence-electron chi connectivity index (χ2n) is 4.21. The summed E-state index contributed by atoms with van der Waals surface area (Å²) in [5, 5.41) is 1.65. The number of halogens is 2. The van der Waals surface area contributed by atoms with Crippen LogP contribution >= 0.6 is 23.2 Å². The summed E-state index contributed by atoms with van der Waals surface area (Å²) in [6.07, 6.45) is 1.69. The molecule has 0 saturated carbocycles. The molecule has 0 unspecified atom stereocenters. The third-order valence-electron chi connectivity index (χ3n) is 2.90. The maximum atomic E-state index is 6.13. The van der Waals surface area contributed by atoms with Crippen molar-refractivity contribution in [2.75, 3.05) is 5.73 Å². The van der Waals surface area contributed by atoms with Crippen molar-refractivity contribution in [2.45, 2.75) is 0 Å². The van der Waals surface area contributed by atoms with E-state index in [0.717, 1.165) is 5.39 Å². The predicted molar refractivity (Wildman–Crippen MR) is 82.7 cm³/mol. The Kier molecular flexibility index (Phi) is 3.38. The molecule has 0 spiro atoms. The Morgan fingerprint density at radius 3 is 2.65 bits per heavy atom. The maximum absolute atomic E-state index is 6.13. The van der Waals surface area contributed by atoms with Crippen LogP contribution < -0.4 is 10.5 Å². The molecule has 5 heteroatoms. The summed E-state index contributed by atoms with van der Waals surface area (Å²) < 4.78 is 5.85. The number of nitrogens with zero attached hydrogens (tertiary/aromatic N) is 1. The van der Waals surface area contributed by atoms with Gasteiger partial charge in [0.15, 0.2) is 0 Å². The molecule has 3 nitrogen and oxygen atoms in total. The molecule has 0 atom stereocenters. The Labute approximate surface area is 125 Å². The molecule has 0 aliphatic rings. The van der Waals surface area contributed by atoms with Gasteiger partial charge in [-0.2, -0.15) is 0 Å². The second-order valence-corrected chi connectivity index (χ2v) is 4.99. The van der Waals surface area contributed by atoms with Crippen molar-refractivity contribution >= 4 is 39.8 Å². The lowest BCUT2D eigenvalue weighted by molar-refractivity contribution is 0.488. The van der Waals surface area contributed by atoms with E-state index < -0.39 is 0 Å². The van der Waals surface area contributed by atoms with Crippen LogP contribution in [0.25, 0.3) is 10.9 Å². The van der Waals surface area contributed by atoms with Crippen molar-refractivity contribution in [1.29, 1.82) is 0 Å². The van der Waals surface area contributed by atoms with E-state index in [1.54, 1.807) is 36.5 Å². The van der Waals surface area contributed by atoms with Crippen LogP contribution in [0.4, 0.5) is 5.69 Å². The van der Waals surface area contributed by atoms with Gasteiger partial charge in [-0.15, -0.1) is 0 Å². The van der Waals surface area contributed by atoms with Gasteiger partial charge >= 0.3 is 0 Å². The monoisotopic (exact) mass is 304 g/mol. The molecule has 20 heavy (non-hydrogen) atoms. The predicted octanol–water partition coefficient (Wildman–Crippen LogP) is 4.92. The average molecular weight is 305 g/mol. The van der Waals surface area contributed by atoms with Gasteiger partial charge < -0.3 is 10.5 Å². The Morgan fingerprint density at radius 1 is 0.950 bits per heavy atom. The number of pyridine rings is 1. The van der Waals surface area contributed by atoms with E-state index in [1.165, 1.54) is 0 Å².